The number of sulfonamides is 1. The number of hydrogen-bond acceptors (Lipinski definition) is 7. The predicted molar refractivity (Wildman–Crippen MR) is 130 cm³/mol. The van der Waals surface area contributed by atoms with Crippen LogP contribution in [0.3, 0.4) is 0 Å². The Balaban J connectivity index is 1.95. The number of carbonyl (C=O) groups excluding carboxylic acids is 2. The Morgan fingerprint density at radius 1 is 0.971 bits per heavy atom. The Bertz CT molecular complexity index is 1200. The minimum Gasteiger partial charge on any atom is -0.451 e. The van der Waals surface area contributed by atoms with E-state index in [1.54, 1.807) is 12.1 Å². The summed E-state index contributed by atoms with van der Waals surface area (Å²) in [5, 5.41) is 0. The number of aryl methyl sites for hydroxylation is 3. The molecule has 0 radical (unpaired) electrons. The Morgan fingerprint density at radius 3 is 2.21 bits per heavy atom. The fourth-order valence-corrected chi connectivity index (χ4v) is 4.78. The molecule has 1 saturated heterocycles. The minimum atomic E-state index is -3.77. The lowest BCUT2D eigenvalue weighted by molar-refractivity contribution is 0.0318. The normalized spacial score (nSPS) is 15.3. The van der Waals surface area contributed by atoms with Gasteiger partial charge in [0.15, 0.2) is 6.10 Å². The van der Waals surface area contributed by atoms with Gasteiger partial charge >= 0.3 is 5.97 Å². The topological polar surface area (TPSA) is 93.2 Å². The van der Waals surface area contributed by atoms with Crippen molar-refractivity contribution in [2.24, 2.45) is 0 Å². The highest BCUT2D eigenvalue weighted by molar-refractivity contribution is 7.89. The first-order valence-corrected chi connectivity index (χ1v) is 12.6. The molecule has 9 heteroatoms. The molecule has 0 amide bonds. The molecule has 0 N–H and O–H groups in total. The molecule has 0 unspecified atom stereocenters. The van der Waals surface area contributed by atoms with Crippen LogP contribution in [0, 0.1) is 20.8 Å². The van der Waals surface area contributed by atoms with E-state index in [4.69, 9.17) is 9.47 Å². The monoisotopic (exact) mass is 488 g/mol. The number of anilines is 1. The largest absolute Gasteiger partial charge is 0.451 e. The zero-order valence-corrected chi connectivity index (χ0v) is 21.4. The van der Waals surface area contributed by atoms with Crippen LogP contribution in [-0.2, 0) is 19.5 Å². The first kappa shape index (κ1) is 25.9. The number of esters is 1. The summed E-state index contributed by atoms with van der Waals surface area (Å²) in [4.78, 5) is 28.3. The number of benzene rings is 2. The van der Waals surface area contributed by atoms with E-state index in [2.05, 4.69) is 0 Å². The fraction of sp³-hybridized carbons (Fsp3) is 0.440. The van der Waals surface area contributed by atoms with Crippen LogP contribution in [0.5, 0.6) is 0 Å². The van der Waals surface area contributed by atoms with Gasteiger partial charge in [0.2, 0.25) is 15.8 Å². The Kier molecular flexibility index (Phi) is 7.80. The number of ketones is 1. The van der Waals surface area contributed by atoms with E-state index in [1.165, 1.54) is 33.2 Å². The van der Waals surface area contributed by atoms with E-state index >= 15 is 0 Å². The molecular formula is C25H32N2O6S. The number of rotatable bonds is 7. The molecule has 1 atom stereocenters. The van der Waals surface area contributed by atoms with Gasteiger partial charge in [0.25, 0.3) is 0 Å². The first-order chi connectivity index (χ1) is 15.9. The maximum absolute atomic E-state index is 13.3. The average Bonchev–Trinajstić information content (AvgIpc) is 2.80. The van der Waals surface area contributed by atoms with Gasteiger partial charge in [-0.25, -0.2) is 17.5 Å². The molecule has 0 saturated carbocycles. The van der Waals surface area contributed by atoms with Gasteiger partial charge in [-0.05, 0) is 68.7 Å². The zero-order chi connectivity index (χ0) is 25.2. The van der Waals surface area contributed by atoms with Crippen LogP contribution >= 0.6 is 0 Å². The lowest BCUT2D eigenvalue weighted by Gasteiger charge is -2.30. The van der Waals surface area contributed by atoms with Crippen LogP contribution in [0.4, 0.5) is 5.69 Å². The second-order valence-electron chi connectivity index (χ2n) is 8.73. The van der Waals surface area contributed by atoms with E-state index < -0.39 is 22.1 Å². The van der Waals surface area contributed by atoms with Crippen molar-refractivity contribution in [1.82, 2.24) is 4.31 Å². The van der Waals surface area contributed by atoms with Crippen molar-refractivity contribution < 1.29 is 27.5 Å². The third-order valence-electron chi connectivity index (χ3n) is 6.08. The molecule has 2 aromatic carbocycles. The summed E-state index contributed by atoms with van der Waals surface area (Å²) in [6.45, 7) is 9.37. The van der Waals surface area contributed by atoms with Gasteiger partial charge in [-0.1, -0.05) is 6.07 Å². The summed E-state index contributed by atoms with van der Waals surface area (Å²) in [5.41, 5.74) is 4.01. The summed E-state index contributed by atoms with van der Waals surface area (Å²) in [7, 11) is -0.914. The van der Waals surface area contributed by atoms with Crippen molar-refractivity contribution in [3.05, 3.63) is 58.1 Å². The average molecular weight is 489 g/mol. The third kappa shape index (κ3) is 5.32. The number of morpholine rings is 1. The fourth-order valence-electron chi connectivity index (χ4n) is 3.85. The smallest absolute Gasteiger partial charge is 0.341 e. The van der Waals surface area contributed by atoms with Gasteiger partial charge < -0.3 is 14.4 Å². The van der Waals surface area contributed by atoms with Crippen LogP contribution < -0.4 is 4.90 Å². The van der Waals surface area contributed by atoms with Crippen LogP contribution in [0.1, 0.15) is 44.3 Å². The Morgan fingerprint density at radius 2 is 1.59 bits per heavy atom. The lowest BCUT2D eigenvalue weighted by Crippen LogP contribution is -2.37. The second-order valence-corrected chi connectivity index (χ2v) is 10.9. The van der Waals surface area contributed by atoms with Crippen molar-refractivity contribution in [2.45, 2.75) is 38.7 Å². The predicted octanol–water partition coefficient (Wildman–Crippen LogP) is 3.13. The standard InChI is InChI=1S/C25H32N2O6S/c1-16-13-18(3)21(14-17(16)2)24(28)19(4)33-25(29)22-15-20(34(30,31)26(5)6)7-8-23(22)27-9-11-32-12-10-27/h7-8,13-15,19H,9-12H2,1-6H3/t19-/m0/s1. The molecule has 3 rings (SSSR count). The highest BCUT2D eigenvalue weighted by Gasteiger charge is 2.28. The van der Waals surface area contributed by atoms with Crippen LogP contribution in [0.15, 0.2) is 35.2 Å². The quantitative estimate of drug-likeness (QED) is 0.437. The molecular weight excluding hydrogens is 456 g/mol. The highest BCUT2D eigenvalue weighted by Crippen LogP contribution is 2.28. The molecule has 184 valence electrons. The highest BCUT2D eigenvalue weighted by atomic mass is 32.2. The van der Waals surface area contributed by atoms with Crippen LogP contribution in [0.2, 0.25) is 0 Å². The van der Waals surface area contributed by atoms with Gasteiger partial charge in [-0.2, -0.15) is 0 Å². The van der Waals surface area contributed by atoms with E-state index in [-0.39, 0.29) is 16.2 Å². The van der Waals surface area contributed by atoms with Crippen molar-refractivity contribution in [3.8, 4) is 0 Å². The van der Waals surface area contributed by atoms with Crippen molar-refractivity contribution in [1.29, 1.82) is 0 Å². The number of carbonyl (C=O) groups is 2. The molecule has 0 aliphatic carbocycles. The van der Waals surface area contributed by atoms with Crippen LogP contribution in [-0.4, -0.2) is 71.0 Å². The number of nitrogens with zero attached hydrogens (tertiary/aromatic N) is 2. The summed E-state index contributed by atoms with van der Waals surface area (Å²) in [6, 6.07) is 8.15. The maximum atomic E-state index is 13.3. The molecule has 1 fully saturated rings. The molecule has 0 aromatic heterocycles. The van der Waals surface area contributed by atoms with Crippen molar-refractivity contribution >= 4 is 27.5 Å². The van der Waals surface area contributed by atoms with E-state index in [0.717, 1.165) is 21.0 Å². The van der Waals surface area contributed by atoms with Crippen molar-refractivity contribution in [3.63, 3.8) is 0 Å². The number of Topliss-reactive ketones (excluding diaryl/α,β-unsaturated/α-hetero) is 1. The first-order valence-electron chi connectivity index (χ1n) is 11.2. The zero-order valence-electron chi connectivity index (χ0n) is 20.5. The maximum Gasteiger partial charge on any atom is 0.341 e. The summed E-state index contributed by atoms with van der Waals surface area (Å²) >= 11 is 0. The minimum absolute atomic E-state index is 0.0227. The molecule has 0 spiro atoms. The molecule has 1 aliphatic heterocycles. The Labute approximate surface area is 201 Å². The Hall–Kier alpha value is -2.75. The summed E-state index contributed by atoms with van der Waals surface area (Å²) < 4.78 is 37.5. The molecule has 1 aliphatic rings. The number of hydrogen-bond donors (Lipinski definition) is 0. The third-order valence-corrected chi connectivity index (χ3v) is 7.89. The van der Waals surface area contributed by atoms with Gasteiger partial charge in [0.05, 0.1) is 29.4 Å². The van der Waals surface area contributed by atoms with Gasteiger partial charge in [0, 0.05) is 32.7 Å². The van der Waals surface area contributed by atoms with Crippen molar-refractivity contribution in [2.75, 3.05) is 45.3 Å². The van der Waals surface area contributed by atoms with Crippen LogP contribution in [0.25, 0.3) is 0 Å². The van der Waals surface area contributed by atoms with Gasteiger partial charge in [-0.3, -0.25) is 4.79 Å². The lowest BCUT2D eigenvalue weighted by atomic mass is 9.96. The van der Waals surface area contributed by atoms with E-state index in [0.29, 0.717) is 37.6 Å². The van der Waals surface area contributed by atoms with Gasteiger partial charge in [0.1, 0.15) is 0 Å². The summed E-state index contributed by atoms with van der Waals surface area (Å²) in [6.07, 6.45) is -1.04. The number of ether oxygens (including phenoxy) is 2. The van der Waals surface area contributed by atoms with E-state index in [9.17, 15) is 18.0 Å². The molecule has 2 aromatic rings. The summed E-state index contributed by atoms with van der Waals surface area (Å²) in [5.74, 6) is -1.06. The molecule has 34 heavy (non-hydrogen) atoms. The molecule has 0 bridgehead atoms. The van der Waals surface area contributed by atoms with Gasteiger partial charge in [-0.15, -0.1) is 0 Å². The SMILES string of the molecule is Cc1cc(C)c(C(=O)[C@H](C)OC(=O)c2cc(S(=O)(=O)N(C)C)ccc2N2CCOCC2)cc1C. The molecule has 1 heterocycles. The second kappa shape index (κ2) is 10.2. The van der Waals surface area contributed by atoms with E-state index in [1.807, 2.05) is 31.7 Å². The molecule has 8 nitrogen and oxygen atoms in total.